The summed E-state index contributed by atoms with van der Waals surface area (Å²) in [6.07, 6.45) is 4.39. The van der Waals surface area contributed by atoms with Gasteiger partial charge >= 0.3 is 0 Å². The van der Waals surface area contributed by atoms with Crippen LogP contribution in [-0.2, 0) is 4.74 Å². The van der Waals surface area contributed by atoms with Crippen LogP contribution in [0.2, 0.25) is 0 Å². The zero-order valence-corrected chi connectivity index (χ0v) is 12.2. The second kappa shape index (κ2) is 6.70. The highest BCUT2D eigenvalue weighted by molar-refractivity contribution is 5.95. The molecule has 1 aromatic rings. The average Bonchev–Trinajstić information content (AvgIpc) is 2.45. The Labute approximate surface area is 120 Å². The van der Waals surface area contributed by atoms with Gasteiger partial charge in [0.25, 0.3) is 5.91 Å². The molecule has 1 fully saturated rings. The molecule has 1 aromatic heterocycles. The van der Waals surface area contributed by atoms with Crippen LogP contribution in [-0.4, -0.2) is 36.2 Å². The lowest BCUT2D eigenvalue weighted by molar-refractivity contribution is 0.0423. The number of aromatic nitrogens is 1. The first kappa shape index (κ1) is 14.8. The molecule has 0 aromatic carbocycles. The molecule has 0 unspecified atom stereocenters. The zero-order valence-electron chi connectivity index (χ0n) is 12.2. The van der Waals surface area contributed by atoms with Crippen LogP contribution in [0.5, 0.6) is 0 Å². The standard InChI is InChI=1S/C15H23N3O2/c1-3-7-16-13-11-12(4-8-17-13)14(19)18-15(2)5-9-20-10-6-15/h4,8,11H,3,5-7,9-10H2,1-2H3,(H,16,17)(H,18,19). The van der Waals surface area contributed by atoms with Crippen molar-refractivity contribution in [2.24, 2.45) is 0 Å². The molecule has 0 radical (unpaired) electrons. The van der Waals surface area contributed by atoms with E-state index in [1.807, 2.05) is 0 Å². The molecule has 2 heterocycles. The third-order valence-corrected chi connectivity index (χ3v) is 3.59. The van der Waals surface area contributed by atoms with Crippen molar-refractivity contribution in [2.75, 3.05) is 25.1 Å². The molecule has 0 bridgehead atoms. The van der Waals surface area contributed by atoms with Crippen molar-refractivity contribution in [3.8, 4) is 0 Å². The number of hydrogen-bond acceptors (Lipinski definition) is 4. The molecule has 1 amide bonds. The van der Waals surface area contributed by atoms with Gasteiger partial charge in [-0.15, -0.1) is 0 Å². The first-order chi connectivity index (χ1) is 9.63. The Morgan fingerprint density at radius 1 is 1.45 bits per heavy atom. The van der Waals surface area contributed by atoms with Crippen LogP contribution >= 0.6 is 0 Å². The number of ether oxygens (including phenoxy) is 1. The monoisotopic (exact) mass is 277 g/mol. The van der Waals surface area contributed by atoms with E-state index in [2.05, 4.69) is 29.5 Å². The molecule has 0 aliphatic carbocycles. The van der Waals surface area contributed by atoms with Gasteiger partial charge in [0.15, 0.2) is 0 Å². The number of amides is 1. The van der Waals surface area contributed by atoms with Crippen LogP contribution in [0.4, 0.5) is 5.82 Å². The molecule has 20 heavy (non-hydrogen) atoms. The van der Waals surface area contributed by atoms with Crippen molar-refractivity contribution in [3.63, 3.8) is 0 Å². The zero-order chi connectivity index (χ0) is 14.4. The van der Waals surface area contributed by atoms with Crippen molar-refractivity contribution in [3.05, 3.63) is 23.9 Å². The van der Waals surface area contributed by atoms with Gasteiger partial charge in [0.05, 0.1) is 0 Å². The van der Waals surface area contributed by atoms with Crippen LogP contribution in [0.1, 0.15) is 43.5 Å². The molecule has 5 nitrogen and oxygen atoms in total. The Kier molecular flexibility index (Phi) is 4.95. The van der Waals surface area contributed by atoms with Crippen LogP contribution in [0, 0.1) is 0 Å². The topological polar surface area (TPSA) is 63.2 Å². The van der Waals surface area contributed by atoms with E-state index >= 15 is 0 Å². The predicted molar refractivity (Wildman–Crippen MR) is 78.9 cm³/mol. The first-order valence-corrected chi connectivity index (χ1v) is 7.23. The lowest BCUT2D eigenvalue weighted by atomic mass is 9.92. The minimum Gasteiger partial charge on any atom is -0.381 e. The Morgan fingerprint density at radius 2 is 2.20 bits per heavy atom. The molecule has 2 N–H and O–H groups in total. The van der Waals surface area contributed by atoms with Crippen LogP contribution < -0.4 is 10.6 Å². The number of hydrogen-bond donors (Lipinski definition) is 2. The van der Waals surface area contributed by atoms with Crippen LogP contribution in [0.25, 0.3) is 0 Å². The summed E-state index contributed by atoms with van der Waals surface area (Å²) < 4.78 is 5.34. The fourth-order valence-corrected chi connectivity index (χ4v) is 2.21. The van der Waals surface area contributed by atoms with Gasteiger partial charge in [-0.1, -0.05) is 6.92 Å². The first-order valence-electron chi connectivity index (χ1n) is 7.23. The van der Waals surface area contributed by atoms with E-state index in [4.69, 9.17) is 4.74 Å². The lowest BCUT2D eigenvalue weighted by Gasteiger charge is -2.34. The highest BCUT2D eigenvalue weighted by atomic mass is 16.5. The van der Waals surface area contributed by atoms with E-state index in [-0.39, 0.29) is 11.4 Å². The minimum atomic E-state index is -0.171. The number of nitrogens with one attached hydrogen (secondary N) is 2. The summed E-state index contributed by atoms with van der Waals surface area (Å²) in [7, 11) is 0. The van der Waals surface area contributed by atoms with Gasteiger partial charge in [0.2, 0.25) is 0 Å². The van der Waals surface area contributed by atoms with E-state index in [9.17, 15) is 4.79 Å². The fraction of sp³-hybridized carbons (Fsp3) is 0.600. The molecular formula is C15H23N3O2. The van der Waals surface area contributed by atoms with E-state index in [0.717, 1.165) is 31.6 Å². The van der Waals surface area contributed by atoms with Crippen molar-refractivity contribution in [2.45, 2.75) is 38.6 Å². The van der Waals surface area contributed by atoms with Crippen LogP contribution in [0.15, 0.2) is 18.3 Å². The fourth-order valence-electron chi connectivity index (χ4n) is 2.21. The maximum atomic E-state index is 12.3. The van der Waals surface area contributed by atoms with Gasteiger partial charge in [-0.05, 0) is 38.3 Å². The smallest absolute Gasteiger partial charge is 0.251 e. The summed E-state index contributed by atoms with van der Waals surface area (Å²) in [5.41, 5.74) is 0.474. The largest absolute Gasteiger partial charge is 0.381 e. The molecule has 110 valence electrons. The van der Waals surface area contributed by atoms with Crippen molar-refractivity contribution in [1.29, 1.82) is 0 Å². The molecule has 1 aliphatic heterocycles. The molecular weight excluding hydrogens is 254 g/mol. The van der Waals surface area contributed by atoms with Gasteiger partial charge in [0.1, 0.15) is 5.82 Å². The summed E-state index contributed by atoms with van der Waals surface area (Å²) in [4.78, 5) is 16.5. The Hall–Kier alpha value is -1.62. The summed E-state index contributed by atoms with van der Waals surface area (Å²) in [5.74, 6) is 0.702. The van der Waals surface area contributed by atoms with Crippen molar-refractivity contribution >= 4 is 11.7 Å². The maximum absolute atomic E-state index is 12.3. The number of rotatable bonds is 5. The highest BCUT2D eigenvalue weighted by Crippen LogP contribution is 2.20. The lowest BCUT2D eigenvalue weighted by Crippen LogP contribution is -2.49. The number of carbonyl (C=O) groups is 1. The Morgan fingerprint density at radius 3 is 2.90 bits per heavy atom. The molecule has 0 atom stereocenters. The second-order valence-corrected chi connectivity index (χ2v) is 5.48. The Bertz CT molecular complexity index is 456. The minimum absolute atomic E-state index is 0.0450. The van der Waals surface area contributed by atoms with Crippen molar-refractivity contribution in [1.82, 2.24) is 10.3 Å². The summed E-state index contributed by atoms with van der Waals surface area (Å²) in [6, 6.07) is 3.54. The average molecular weight is 277 g/mol. The van der Waals surface area contributed by atoms with Crippen LogP contribution in [0.3, 0.4) is 0 Å². The summed E-state index contributed by atoms with van der Waals surface area (Å²) >= 11 is 0. The number of anilines is 1. The van der Waals surface area contributed by atoms with Gasteiger partial charge < -0.3 is 15.4 Å². The van der Waals surface area contributed by atoms with Gasteiger partial charge in [-0.3, -0.25) is 4.79 Å². The molecule has 1 aliphatic rings. The number of carbonyl (C=O) groups excluding carboxylic acids is 1. The number of nitrogens with zero attached hydrogens (tertiary/aromatic N) is 1. The Balaban J connectivity index is 2.01. The van der Waals surface area contributed by atoms with Gasteiger partial charge in [0, 0.05) is 37.1 Å². The van der Waals surface area contributed by atoms with E-state index in [1.54, 1.807) is 18.3 Å². The third-order valence-electron chi connectivity index (χ3n) is 3.59. The molecule has 2 rings (SSSR count). The second-order valence-electron chi connectivity index (χ2n) is 5.48. The van der Waals surface area contributed by atoms with E-state index in [1.165, 1.54) is 0 Å². The van der Waals surface area contributed by atoms with Crippen molar-refractivity contribution < 1.29 is 9.53 Å². The van der Waals surface area contributed by atoms with Gasteiger partial charge in [-0.25, -0.2) is 4.98 Å². The van der Waals surface area contributed by atoms with E-state index < -0.39 is 0 Å². The normalized spacial score (nSPS) is 17.5. The number of pyridine rings is 1. The molecule has 1 saturated heterocycles. The quantitative estimate of drug-likeness (QED) is 0.866. The van der Waals surface area contributed by atoms with E-state index in [0.29, 0.717) is 18.8 Å². The molecule has 0 spiro atoms. The maximum Gasteiger partial charge on any atom is 0.251 e. The third kappa shape index (κ3) is 3.93. The SMILES string of the molecule is CCCNc1cc(C(=O)NC2(C)CCOCC2)ccn1. The summed E-state index contributed by atoms with van der Waals surface area (Å²) in [5, 5.41) is 6.31. The molecule has 0 saturated carbocycles. The highest BCUT2D eigenvalue weighted by Gasteiger charge is 2.29. The summed E-state index contributed by atoms with van der Waals surface area (Å²) in [6.45, 7) is 6.43. The molecule has 5 heteroatoms. The van der Waals surface area contributed by atoms with Gasteiger partial charge in [-0.2, -0.15) is 0 Å². The predicted octanol–water partition coefficient (Wildman–Crippen LogP) is 2.20.